The number of amides is 1. The highest BCUT2D eigenvalue weighted by atomic mass is 16.5. The van der Waals surface area contributed by atoms with Gasteiger partial charge < -0.3 is 14.8 Å². The summed E-state index contributed by atoms with van der Waals surface area (Å²) in [6.07, 6.45) is 5.08. The third-order valence-corrected chi connectivity index (χ3v) is 4.11. The van der Waals surface area contributed by atoms with Gasteiger partial charge in [-0.2, -0.15) is 5.10 Å². The van der Waals surface area contributed by atoms with Crippen molar-refractivity contribution >= 4 is 11.6 Å². The van der Waals surface area contributed by atoms with Crippen molar-refractivity contribution < 1.29 is 14.3 Å². The van der Waals surface area contributed by atoms with Gasteiger partial charge in [0.05, 0.1) is 11.9 Å². The van der Waals surface area contributed by atoms with E-state index in [0.29, 0.717) is 17.4 Å². The van der Waals surface area contributed by atoms with Gasteiger partial charge in [0.15, 0.2) is 6.10 Å². The predicted molar refractivity (Wildman–Crippen MR) is 90.9 cm³/mol. The molecule has 3 rings (SSSR count). The Morgan fingerprint density at radius 2 is 2.12 bits per heavy atom. The van der Waals surface area contributed by atoms with Gasteiger partial charge in [-0.25, -0.2) is 0 Å². The second kappa shape index (κ2) is 7.97. The van der Waals surface area contributed by atoms with Gasteiger partial charge >= 0.3 is 0 Å². The van der Waals surface area contributed by atoms with Crippen LogP contribution in [0.15, 0.2) is 42.7 Å². The Balaban J connectivity index is 1.51. The van der Waals surface area contributed by atoms with Crippen LogP contribution in [0.2, 0.25) is 0 Å². The van der Waals surface area contributed by atoms with Crippen molar-refractivity contribution in [1.29, 1.82) is 0 Å². The molecule has 1 atom stereocenters. The minimum Gasteiger partial charge on any atom is -0.481 e. The smallest absolute Gasteiger partial charge is 0.265 e. The zero-order chi connectivity index (χ0) is 16.8. The van der Waals surface area contributed by atoms with E-state index < -0.39 is 6.10 Å². The minimum absolute atomic E-state index is 0.190. The zero-order valence-corrected chi connectivity index (χ0v) is 13.9. The van der Waals surface area contributed by atoms with E-state index in [2.05, 4.69) is 10.4 Å². The standard InChI is InChI=1S/C18H23N3O3/c1-14(24-17-5-3-2-4-6-17)18(22)20-16-11-19-21(13-16)12-15-7-9-23-10-8-15/h2-6,11,13-15H,7-10,12H2,1H3,(H,20,22)/t14-/m1/s1. The molecule has 1 aromatic carbocycles. The van der Waals surface area contributed by atoms with Crippen LogP contribution in [-0.4, -0.2) is 35.0 Å². The Labute approximate surface area is 141 Å². The van der Waals surface area contributed by atoms with E-state index in [0.717, 1.165) is 32.6 Å². The molecule has 0 radical (unpaired) electrons. The fourth-order valence-corrected chi connectivity index (χ4v) is 2.72. The van der Waals surface area contributed by atoms with Gasteiger partial charge in [0, 0.05) is 26.0 Å². The molecule has 0 unspecified atom stereocenters. The summed E-state index contributed by atoms with van der Waals surface area (Å²) >= 11 is 0. The Kier molecular flexibility index (Phi) is 5.48. The Morgan fingerprint density at radius 1 is 1.38 bits per heavy atom. The van der Waals surface area contributed by atoms with Crippen LogP contribution in [0.5, 0.6) is 5.75 Å². The van der Waals surface area contributed by atoms with Gasteiger partial charge in [-0.05, 0) is 37.8 Å². The van der Waals surface area contributed by atoms with E-state index in [-0.39, 0.29) is 5.91 Å². The highest BCUT2D eigenvalue weighted by Crippen LogP contribution is 2.18. The van der Waals surface area contributed by atoms with E-state index >= 15 is 0 Å². The van der Waals surface area contributed by atoms with Crippen molar-refractivity contribution in [3.05, 3.63) is 42.7 Å². The number of aromatic nitrogens is 2. The van der Waals surface area contributed by atoms with E-state index in [4.69, 9.17) is 9.47 Å². The second-order valence-electron chi connectivity index (χ2n) is 6.07. The lowest BCUT2D eigenvalue weighted by molar-refractivity contribution is -0.122. The Hall–Kier alpha value is -2.34. The second-order valence-corrected chi connectivity index (χ2v) is 6.07. The maximum Gasteiger partial charge on any atom is 0.265 e. The fraction of sp³-hybridized carbons (Fsp3) is 0.444. The molecule has 6 nitrogen and oxygen atoms in total. The number of para-hydroxylation sites is 1. The van der Waals surface area contributed by atoms with Crippen LogP contribution in [0.4, 0.5) is 5.69 Å². The molecule has 1 aromatic heterocycles. The maximum atomic E-state index is 12.2. The molecular weight excluding hydrogens is 306 g/mol. The molecule has 0 bridgehead atoms. The molecule has 1 N–H and O–H groups in total. The number of rotatable bonds is 6. The predicted octanol–water partition coefficient (Wildman–Crippen LogP) is 2.72. The monoisotopic (exact) mass is 329 g/mol. The molecule has 0 saturated carbocycles. The van der Waals surface area contributed by atoms with Crippen molar-refractivity contribution in [2.45, 2.75) is 32.4 Å². The zero-order valence-electron chi connectivity index (χ0n) is 13.9. The first kappa shape index (κ1) is 16.5. The summed E-state index contributed by atoms with van der Waals surface area (Å²) in [7, 11) is 0. The third kappa shape index (κ3) is 4.58. The van der Waals surface area contributed by atoms with Crippen LogP contribution in [0, 0.1) is 5.92 Å². The molecule has 0 aliphatic carbocycles. The first-order valence-corrected chi connectivity index (χ1v) is 8.33. The molecule has 128 valence electrons. The number of anilines is 1. The molecule has 0 spiro atoms. The average Bonchev–Trinajstić information content (AvgIpc) is 3.03. The molecular formula is C18H23N3O3. The lowest BCUT2D eigenvalue weighted by Gasteiger charge is -2.21. The number of carbonyl (C=O) groups excluding carboxylic acids is 1. The molecule has 24 heavy (non-hydrogen) atoms. The summed E-state index contributed by atoms with van der Waals surface area (Å²) in [5.41, 5.74) is 0.690. The normalized spacial score (nSPS) is 16.5. The number of hydrogen-bond donors (Lipinski definition) is 1. The Bertz CT molecular complexity index is 651. The molecule has 2 aromatic rings. The lowest BCUT2D eigenvalue weighted by Crippen LogP contribution is -2.30. The largest absolute Gasteiger partial charge is 0.481 e. The summed E-state index contributed by atoms with van der Waals surface area (Å²) in [6, 6.07) is 9.32. The van der Waals surface area contributed by atoms with Crippen molar-refractivity contribution in [3.8, 4) is 5.75 Å². The molecule has 1 aliphatic rings. The van der Waals surface area contributed by atoms with Crippen molar-refractivity contribution in [2.24, 2.45) is 5.92 Å². The van der Waals surface area contributed by atoms with Gasteiger partial charge in [-0.15, -0.1) is 0 Å². The molecule has 1 fully saturated rings. The maximum absolute atomic E-state index is 12.2. The van der Waals surface area contributed by atoms with E-state index in [1.165, 1.54) is 0 Å². The average molecular weight is 329 g/mol. The van der Waals surface area contributed by atoms with Gasteiger partial charge in [0.25, 0.3) is 5.91 Å². The summed E-state index contributed by atoms with van der Waals surface area (Å²) < 4.78 is 12.9. The minimum atomic E-state index is -0.578. The number of hydrogen-bond acceptors (Lipinski definition) is 4. The van der Waals surface area contributed by atoms with Crippen LogP contribution in [0.3, 0.4) is 0 Å². The molecule has 1 aliphatic heterocycles. The summed E-state index contributed by atoms with van der Waals surface area (Å²) in [4.78, 5) is 12.2. The first-order chi connectivity index (χ1) is 11.7. The van der Waals surface area contributed by atoms with Crippen LogP contribution < -0.4 is 10.1 Å². The van der Waals surface area contributed by atoms with Crippen molar-refractivity contribution in [3.63, 3.8) is 0 Å². The van der Waals surface area contributed by atoms with Gasteiger partial charge in [-0.1, -0.05) is 18.2 Å². The van der Waals surface area contributed by atoms with Gasteiger partial charge in [0.1, 0.15) is 5.75 Å². The van der Waals surface area contributed by atoms with E-state index in [1.54, 1.807) is 13.1 Å². The number of nitrogens with one attached hydrogen (secondary N) is 1. The van der Waals surface area contributed by atoms with Crippen molar-refractivity contribution in [2.75, 3.05) is 18.5 Å². The van der Waals surface area contributed by atoms with Crippen LogP contribution >= 0.6 is 0 Å². The summed E-state index contributed by atoms with van der Waals surface area (Å²) in [5.74, 6) is 1.07. The molecule has 1 saturated heterocycles. The fourth-order valence-electron chi connectivity index (χ4n) is 2.72. The summed E-state index contributed by atoms with van der Waals surface area (Å²) in [5, 5.41) is 7.17. The van der Waals surface area contributed by atoms with Crippen LogP contribution in [0.25, 0.3) is 0 Å². The van der Waals surface area contributed by atoms with Crippen LogP contribution in [0.1, 0.15) is 19.8 Å². The topological polar surface area (TPSA) is 65.4 Å². The highest BCUT2D eigenvalue weighted by Gasteiger charge is 2.17. The third-order valence-electron chi connectivity index (χ3n) is 4.11. The number of benzene rings is 1. The quantitative estimate of drug-likeness (QED) is 0.885. The van der Waals surface area contributed by atoms with Crippen LogP contribution in [-0.2, 0) is 16.1 Å². The summed E-state index contributed by atoms with van der Waals surface area (Å²) in [6.45, 7) is 4.23. The van der Waals surface area contributed by atoms with Crippen molar-refractivity contribution in [1.82, 2.24) is 9.78 Å². The van der Waals surface area contributed by atoms with E-state index in [9.17, 15) is 4.79 Å². The highest BCUT2D eigenvalue weighted by molar-refractivity contribution is 5.93. The van der Waals surface area contributed by atoms with Gasteiger partial charge in [0.2, 0.25) is 0 Å². The molecule has 1 amide bonds. The number of carbonyl (C=O) groups is 1. The first-order valence-electron chi connectivity index (χ1n) is 8.33. The van der Waals surface area contributed by atoms with E-state index in [1.807, 2.05) is 41.2 Å². The number of nitrogens with zero attached hydrogens (tertiary/aromatic N) is 2. The van der Waals surface area contributed by atoms with Gasteiger partial charge in [-0.3, -0.25) is 9.48 Å². The Morgan fingerprint density at radius 3 is 2.88 bits per heavy atom. The SMILES string of the molecule is C[C@@H](Oc1ccccc1)C(=O)Nc1cnn(CC2CCOCC2)c1. The number of ether oxygens (including phenoxy) is 2. The lowest BCUT2D eigenvalue weighted by atomic mass is 10.0. The molecule has 6 heteroatoms. The molecule has 2 heterocycles.